The third-order valence-electron chi connectivity index (χ3n) is 3.19. The summed E-state index contributed by atoms with van der Waals surface area (Å²) in [5.74, 6) is 1.03. The van der Waals surface area contributed by atoms with Crippen molar-refractivity contribution in [2.75, 3.05) is 19.3 Å². The lowest BCUT2D eigenvalue weighted by molar-refractivity contribution is 0.270. The van der Waals surface area contributed by atoms with Crippen molar-refractivity contribution in [3.05, 3.63) is 35.9 Å². The predicted molar refractivity (Wildman–Crippen MR) is 68.3 cm³/mol. The molecule has 0 saturated heterocycles. The van der Waals surface area contributed by atoms with E-state index in [1.54, 1.807) is 0 Å². The molecule has 1 aromatic carbocycles. The molecule has 0 atom stereocenters. The molecule has 0 heterocycles. The standard InChI is InChI=1S/C13H19NS/c1-14(10-13(11-15)7-8-13)9-12-5-3-2-4-6-12/h2-6,15H,7-11H2,1H3. The number of thiol groups is 1. The quantitative estimate of drug-likeness (QED) is 0.748. The maximum atomic E-state index is 4.44. The smallest absolute Gasteiger partial charge is 0.0230 e. The van der Waals surface area contributed by atoms with Gasteiger partial charge in [-0.15, -0.1) is 0 Å². The molecule has 1 saturated carbocycles. The fourth-order valence-corrected chi connectivity index (χ4v) is 2.48. The summed E-state index contributed by atoms with van der Waals surface area (Å²) in [7, 11) is 2.20. The molecule has 2 rings (SSSR count). The molecule has 0 bridgehead atoms. The Balaban J connectivity index is 1.85. The van der Waals surface area contributed by atoms with Gasteiger partial charge in [-0.05, 0) is 36.6 Å². The molecule has 1 nitrogen and oxygen atoms in total. The summed E-state index contributed by atoms with van der Waals surface area (Å²) in [6.45, 7) is 2.24. The number of hydrogen-bond acceptors (Lipinski definition) is 2. The average molecular weight is 221 g/mol. The van der Waals surface area contributed by atoms with Crippen LogP contribution in [0.3, 0.4) is 0 Å². The highest BCUT2D eigenvalue weighted by Gasteiger charge is 2.41. The average Bonchev–Trinajstić information content (AvgIpc) is 3.00. The highest BCUT2D eigenvalue weighted by molar-refractivity contribution is 7.80. The number of rotatable bonds is 5. The van der Waals surface area contributed by atoms with Crippen molar-refractivity contribution >= 4 is 12.6 Å². The molecule has 0 N–H and O–H groups in total. The van der Waals surface area contributed by atoms with E-state index in [2.05, 4.69) is 54.9 Å². The van der Waals surface area contributed by atoms with Crippen molar-refractivity contribution < 1.29 is 0 Å². The number of hydrogen-bond donors (Lipinski definition) is 1. The lowest BCUT2D eigenvalue weighted by Gasteiger charge is -2.22. The van der Waals surface area contributed by atoms with Crippen LogP contribution < -0.4 is 0 Å². The first-order chi connectivity index (χ1) is 7.24. The van der Waals surface area contributed by atoms with Gasteiger partial charge < -0.3 is 4.90 Å². The molecule has 15 heavy (non-hydrogen) atoms. The normalized spacial score (nSPS) is 18.1. The predicted octanol–water partition coefficient (Wildman–Crippen LogP) is 2.83. The third-order valence-corrected chi connectivity index (χ3v) is 3.86. The Hall–Kier alpha value is -0.470. The van der Waals surface area contributed by atoms with Gasteiger partial charge in [-0.2, -0.15) is 12.6 Å². The second-order valence-electron chi connectivity index (χ2n) is 4.82. The number of benzene rings is 1. The van der Waals surface area contributed by atoms with Crippen LogP contribution in [0.5, 0.6) is 0 Å². The molecule has 0 aromatic heterocycles. The van der Waals surface area contributed by atoms with Crippen LogP contribution in [0.25, 0.3) is 0 Å². The maximum Gasteiger partial charge on any atom is 0.0230 e. The van der Waals surface area contributed by atoms with Gasteiger partial charge in [0.05, 0.1) is 0 Å². The van der Waals surface area contributed by atoms with Gasteiger partial charge in [0.1, 0.15) is 0 Å². The van der Waals surface area contributed by atoms with Gasteiger partial charge in [-0.3, -0.25) is 0 Å². The van der Waals surface area contributed by atoms with E-state index in [-0.39, 0.29) is 0 Å². The zero-order valence-electron chi connectivity index (χ0n) is 9.32. The fourth-order valence-electron chi connectivity index (χ4n) is 2.07. The molecule has 2 heteroatoms. The monoisotopic (exact) mass is 221 g/mol. The summed E-state index contributed by atoms with van der Waals surface area (Å²) in [6, 6.07) is 10.7. The molecule has 1 aliphatic rings. The summed E-state index contributed by atoms with van der Waals surface area (Å²) in [5, 5.41) is 0. The van der Waals surface area contributed by atoms with E-state index in [4.69, 9.17) is 0 Å². The van der Waals surface area contributed by atoms with E-state index >= 15 is 0 Å². The number of nitrogens with zero attached hydrogens (tertiary/aromatic N) is 1. The van der Waals surface area contributed by atoms with Crippen molar-refractivity contribution in [3.63, 3.8) is 0 Å². The molecular formula is C13H19NS. The zero-order valence-corrected chi connectivity index (χ0v) is 10.2. The van der Waals surface area contributed by atoms with E-state index in [0.717, 1.165) is 12.3 Å². The van der Waals surface area contributed by atoms with Crippen LogP contribution in [-0.2, 0) is 6.54 Å². The molecule has 0 amide bonds. The molecule has 1 aliphatic carbocycles. The summed E-state index contributed by atoms with van der Waals surface area (Å²) < 4.78 is 0. The Morgan fingerprint density at radius 3 is 2.47 bits per heavy atom. The van der Waals surface area contributed by atoms with E-state index in [1.165, 1.54) is 24.9 Å². The van der Waals surface area contributed by atoms with Crippen molar-refractivity contribution in [2.45, 2.75) is 19.4 Å². The van der Waals surface area contributed by atoms with E-state index in [1.807, 2.05) is 0 Å². The van der Waals surface area contributed by atoms with Crippen LogP contribution in [0.4, 0.5) is 0 Å². The van der Waals surface area contributed by atoms with Gasteiger partial charge in [0.25, 0.3) is 0 Å². The van der Waals surface area contributed by atoms with Gasteiger partial charge >= 0.3 is 0 Å². The van der Waals surface area contributed by atoms with Gasteiger partial charge in [-0.25, -0.2) is 0 Å². The second-order valence-corrected chi connectivity index (χ2v) is 5.13. The van der Waals surface area contributed by atoms with Crippen molar-refractivity contribution in [1.82, 2.24) is 4.90 Å². The van der Waals surface area contributed by atoms with Crippen LogP contribution in [0, 0.1) is 5.41 Å². The Bertz CT molecular complexity index is 306. The maximum absolute atomic E-state index is 4.44. The Morgan fingerprint density at radius 2 is 1.93 bits per heavy atom. The van der Waals surface area contributed by atoms with Gasteiger partial charge in [0, 0.05) is 13.1 Å². The van der Waals surface area contributed by atoms with Crippen LogP contribution in [0.15, 0.2) is 30.3 Å². The minimum absolute atomic E-state index is 0.534. The topological polar surface area (TPSA) is 3.24 Å². The van der Waals surface area contributed by atoms with E-state index < -0.39 is 0 Å². The highest BCUT2D eigenvalue weighted by Crippen LogP contribution is 2.46. The molecule has 82 valence electrons. The largest absolute Gasteiger partial charge is 0.302 e. The first-order valence-corrected chi connectivity index (χ1v) is 6.21. The minimum atomic E-state index is 0.534. The molecule has 0 radical (unpaired) electrons. The Kier molecular flexibility index (Phi) is 3.37. The summed E-state index contributed by atoms with van der Waals surface area (Å²) in [4.78, 5) is 2.42. The fraction of sp³-hybridized carbons (Fsp3) is 0.538. The lowest BCUT2D eigenvalue weighted by atomic mass is 10.1. The van der Waals surface area contributed by atoms with Gasteiger partial charge in [0.15, 0.2) is 0 Å². The molecule has 0 aliphatic heterocycles. The highest BCUT2D eigenvalue weighted by atomic mass is 32.1. The van der Waals surface area contributed by atoms with E-state index in [9.17, 15) is 0 Å². The zero-order chi connectivity index (χ0) is 10.7. The summed E-state index contributed by atoms with van der Waals surface area (Å²) in [5.41, 5.74) is 1.93. The molecule has 0 spiro atoms. The van der Waals surface area contributed by atoms with Gasteiger partial charge in [-0.1, -0.05) is 30.3 Å². The van der Waals surface area contributed by atoms with E-state index in [0.29, 0.717) is 5.41 Å². The Morgan fingerprint density at radius 1 is 1.27 bits per heavy atom. The first-order valence-electron chi connectivity index (χ1n) is 5.57. The van der Waals surface area contributed by atoms with Crippen LogP contribution in [0.1, 0.15) is 18.4 Å². The van der Waals surface area contributed by atoms with Crippen molar-refractivity contribution in [3.8, 4) is 0 Å². The summed E-state index contributed by atoms with van der Waals surface area (Å²) >= 11 is 4.44. The van der Waals surface area contributed by atoms with Crippen molar-refractivity contribution in [1.29, 1.82) is 0 Å². The molecule has 1 aromatic rings. The van der Waals surface area contributed by atoms with Gasteiger partial charge in [0.2, 0.25) is 0 Å². The van der Waals surface area contributed by atoms with Crippen LogP contribution in [0.2, 0.25) is 0 Å². The SMILES string of the molecule is CN(Cc1ccccc1)CC1(CS)CC1. The minimum Gasteiger partial charge on any atom is -0.302 e. The van der Waals surface area contributed by atoms with Crippen LogP contribution >= 0.6 is 12.6 Å². The summed E-state index contributed by atoms with van der Waals surface area (Å²) in [6.07, 6.45) is 2.71. The second kappa shape index (κ2) is 4.58. The Labute approximate surface area is 97.9 Å². The molecule has 1 fully saturated rings. The lowest BCUT2D eigenvalue weighted by Crippen LogP contribution is -2.27. The first kappa shape index (κ1) is 11.0. The van der Waals surface area contributed by atoms with Crippen LogP contribution in [-0.4, -0.2) is 24.2 Å². The van der Waals surface area contributed by atoms with Crippen molar-refractivity contribution in [2.24, 2.45) is 5.41 Å². The molecular weight excluding hydrogens is 202 g/mol. The third kappa shape index (κ3) is 2.99. The molecule has 0 unspecified atom stereocenters.